The fourth-order valence-electron chi connectivity index (χ4n) is 1.29. The molecule has 1 aromatic carbocycles. The highest BCUT2D eigenvalue weighted by atomic mass is 28.3. The number of nitrogens with one attached hydrogen (secondary N) is 1. The van der Waals surface area contributed by atoms with Crippen molar-refractivity contribution in [2.24, 2.45) is 0 Å². The van der Waals surface area contributed by atoms with Gasteiger partial charge in [-0.3, -0.25) is 0 Å². The lowest BCUT2D eigenvalue weighted by Gasteiger charge is -2.13. The molecule has 0 fully saturated rings. The van der Waals surface area contributed by atoms with Crippen molar-refractivity contribution in [3.63, 3.8) is 0 Å². The van der Waals surface area contributed by atoms with Crippen LogP contribution in [0, 0.1) is 0 Å². The van der Waals surface area contributed by atoms with Crippen LogP contribution in [0.4, 0.5) is 0 Å². The fraction of sp³-hybridized carbons (Fsp3) is 0.400. The molecule has 0 spiro atoms. The highest BCUT2D eigenvalue weighted by Crippen LogP contribution is 2.00. The highest BCUT2D eigenvalue weighted by molar-refractivity contribution is 6.48. The molecule has 0 amide bonds. The molecular weight excluding hydrogens is 178 g/mol. The van der Waals surface area contributed by atoms with E-state index in [1.807, 2.05) is 6.07 Å². The van der Waals surface area contributed by atoms with Crippen molar-refractivity contribution in [3.8, 4) is 0 Å². The Bertz CT molecular complexity index is 228. The van der Waals surface area contributed by atoms with E-state index in [1.165, 1.54) is 5.56 Å². The van der Waals surface area contributed by atoms with Gasteiger partial charge in [-0.25, -0.2) is 0 Å². The minimum absolute atomic E-state index is 0.998. The average molecular weight is 195 g/mol. The zero-order valence-electron chi connectivity index (χ0n) is 8.29. The molecule has 1 unspecified atom stereocenters. The maximum absolute atomic E-state index is 5.42. The van der Waals surface area contributed by atoms with Gasteiger partial charge in [0.25, 0.3) is 9.20 Å². The molecule has 13 heavy (non-hydrogen) atoms. The summed E-state index contributed by atoms with van der Waals surface area (Å²) in [4.78, 5) is 3.40. The molecule has 1 N–H and O–H groups in total. The van der Waals surface area contributed by atoms with E-state index in [0.717, 1.165) is 12.6 Å². The largest absolute Gasteiger partial charge is 0.409 e. The maximum Gasteiger partial charge on any atom is 0.256 e. The van der Waals surface area contributed by atoms with Gasteiger partial charge >= 0.3 is 0 Å². The number of hydrogen-bond acceptors (Lipinski definition) is 2. The quantitative estimate of drug-likeness (QED) is 0.714. The van der Waals surface area contributed by atoms with Crippen molar-refractivity contribution in [3.05, 3.63) is 35.9 Å². The summed E-state index contributed by atoms with van der Waals surface area (Å²) in [5, 5.41) is 0. The highest BCUT2D eigenvalue weighted by Gasteiger charge is 2.08. The standard InChI is InChI=1S/C10H17NOSi/c1-3-11-13(12-2)9-10-7-5-4-6-8-10/h4-8,11,13H,3,9H2,1-2H3. The third-order valence-electron chi connectivity index (χ3n) is 1.98. The smallest absolute Gasteiger partial charge is 0.256 e. The first kappa shape index (κ1) is 10.4. The second-order valence-corrected chi connectivity index (χ2v) is 5.24. The molecule has 2 nitrogen and oxygen atoms in total. The Hall–Kier alpha value is -0.643. The summed E-state index contributed by atoms with van der Waals surface area (Å²) < 4.78 is 5.42. The Morgan fingerprint density at radius 2 is 2.00 bits per heavy atom. The van der Waals surface area contributed by atoms with Crippen molar-refractivity contribution < 1.29 is 4.43 Å². The molecule has 0 heterocycles. The van der Waals surface area contributed by atoms with Crippen LogP contribution in [0.3, 0.4) is 0 Å². The van der Waals surface area contributed by atoms with Crippen LogP contribution in [0.15, 0.2) is 30.3 Å². The van der Waals surface area contributed by atoms with E-state index in [4.69, 9.17) is 4.43 Å². The van der Waals surface area contributed by atoms with Crippen molar-refractivity contribution in [2.45, 2.75) is 13.0 Å². The molecule has 0 saturated carbocycles. The van der Waals surface area contributed by atoms with Crippen molar-refractivity contribution in [1.82, 2.24) is 4.98 Å². The lowest BCUT2D eigenvalue weighted by atomic mass is 10.2. The molecule has 1 aromatic rings. The molecule has 0 aromatic heterocycles. The Labute approximate surface area is 81.7 Å². The summed E-state index contributed by atoms with van der Waals surface area (Å²) >= 11 is 0. The first-order valence-electron chi connectivity index (χ1n) is 4.67. The summed E-state index contributed by atoms with van der Waals surface area (Å²) in [6.45, 7) is 3.11. The van der Waals surface area contributed by atoms with E-state index in [0.29, 0.717) is 0 Å². The Balaban J connectivity index is 2.46. The molecule has 0 saturated heterocycles. The van der Waals surface area contributed by atoms with Gasteiger partial charge in [-0.2, -0.15) is 0 Å². The molecule has 0 bridgehead atoms. The second-order valence-electron chi connectivity index (χ2n) is 2.97. The minimum atomic E-state index is -1.19. The minimum Gasteiger partial charge on any atom is -0.409 e. The zero-order chi connectivity index (χ0) is 9.52. The monoisotopic (exact) mass is 195 g/mol. The number of benzene rings is 1. The van der Waals surface area contributed by atoms with E-state index in [2.05, 4.69) is 36.2 Å². The summed E-state index contributed by atoms with van der Waals surface area (Å²) in [6.07, 6.45) is 0. The van der Waals surface area contributed by atoms with Gasteiger partial charge in [-0.05, 0) is 12.1 Å². The molecule has 72 valence electrons. The molecule has 0 radical (unpaired) electrons. The van der Waals surface area contributed by atoms with Crippen LogP contribution in [0.1, 0.15) is 12.5 Å². The first-order chi connectivity index (χ1) is 6.36. The van der Waals surface area contributed by atoms with Crippen LogP contribution >= 0.6 is 0 Å². The van der Waals surface area contributed by atoms with Crippen molar-refractivity contribution in [2.75, 3.05) is 13.7 Å². The SMILES string of the molecule is CCN[SiH](Cc1ccccc1)OC. The molecule has 1 rings (SSSR count). The normalized spacial score (nSPS) is 12.8. The van der Waals surface area contributed by atoms with Gasteiger partial charge in [0, 0.05) is 13.2 Å². The third-order valence-corrected chi connectivity index (χ3v) is 4.26. The Morgan fingerprint density at radius 3 is 2.54 bits per heavy atom. The fourth-order valence-corrected chi connectivity index (χ4v) is 2.93. The van der Waals surface area contributed by atoms with Crippen molar-refractivity contribution in [1.29, 1.82) is 0 Å². The zero-order valence-corrected chi connectivity index (χ0v) is 9.44. The van der Waals surface area contributed by atoms with E-state index in [-0.39, 0.29) is 0 Å². The van der Waals surface area contributed by atoms with Gasteiger partial charge in [-0.15, -0.1) is 0 Å². The lowest BCUT2D eigenvalue weighted by molar-refractivity contribution is 0.406. The molecule has 0 aliphatic rings. The van der Waals surface area contributed by atoms with Gasteiger partial charge in [0.1, 0.15) is 0 Å². The first-order valence-corrected chi connectivity index (χ1v) is 6.53. The van der Waals surface area contributed by atoms with Crippen LogP contribution in [-0.4, -0.2) is 22.9 Å². The predicted molar refractivity (Wildman–Crippen MR) is 58.0 cm³/mol. The van der Waals surface area contributed by atoms with Crippen LogP contribution in [-0.2, 0) is 10.5 Å². The van der Waals surface area contributed by atoms with Gasteiger partial charge < -0.3 is 9.41 Å². The molecule has 0 aliphatic carbocycles. The Morgan fingerprint density at radius 1 is 1.31 bits per heavy atom. The third kappa shape index (κ3) is 3.72. The number of hydrogen-bond donors (Lipinski definition) is 1. The van der Waals surface area contributed by atoms with E-state index in [1.54, 1.807) is 7.11 Å². The summed E-state index contributed by atoms with van der Waals surface area (Å²) in [5.41, 5.74) is 1.36. The number of rotatable bonds is 5. The molecular formula is C10H17NOSi. The molecule has 0 aliphatic heterocycles. The Kier molecular flexibility index (Phi) is 4.75. The topological polar surface area (TPSA) is 21.3 Å². The van der Waals surface area contributed by atoms with Crippen LogP contribution in [0.25, 0.3) is 0 Å². The van der Waals surface area contributed by atoms with Crippen LogP contribution in [0.2, 0.25) is 0 Å². The summed E-state index contributed by atoms with van der Waals surface area (Å²) in [6, 6.07) is 11.5. The van der Waals surface area contributed by atoms with E-state index >= 15 is 0 Å². The van der Waals surface area contributed by atoms with Gasteiger partial charge in [0.2, 0.25) is 0 Å². The lowest BCUT2D eigenvalue weighted by Crippen LogP contribution is -2.38. The van der Waals surface area contributed by atoms with Gasteiger partial charge in [-0.1, -0.05) is 37.3 Å². The summed E-state index contributed by atoms with van der Waals surface area (Å²) in [5.74, 6) is 0. The van der Waals surface area contributed by atoms with Gasteiger partial charge in [0.05, 0.1) is 0 Å². The maximum atomic E-state index is 5.42. The molecule has 1 atom stereocenters. The van der Waals surface area contributed by atoms with Crippen molar-refractivity contribution >= 4 is 9.20 Å². The average Bonchev–Trinajstić information content (AvgIpc) is 2.19. The predicted octanol–water partition coefficient (Wildman–Crippen LogP) is 1.24. The van der Waals surface area contributed by atoms with Crippen LogP contribution in [0.5, 0.6) is 0 Å². The molecule has 3 heteroatoms. The van der Waals surface area contributed by atoms with Gasteiger partial charge in [0.15, 0.2) is 0 Å². The summed E-state index contributed by atoms with van der Waals surface area (Å²) in [7, 11) is 0.605. The second kappa shape index (κ2) is 5.91. The van der Waals surface area contributed by atoms with E-state index in [9.17, 15) is 0 Å². The van der Waals surface area contributed by atoms with Crippen LogP contribution < -0.4 is 4.98 Å². The van der Waals surface area contributed by atoms with E-state index < -0.39 is 9.20 Å².